The Morgan fingerprint density at radius 1 is 1.14 bits per heavy atom. The summed E-state index contributed by atoms with van der Waals surface area (Å²) in [4.78, 5) is 12.5. The molecule has 3 aliphatic rings. The molecule has 4 unspecified atom stereocenters. The number of esters is 1. The molecule has 0 amide bonds. The van der Waals surface area contributed by atoms with Crippen molar-refractivity contribution < 1.29 is 28.5 Å². The van der Waals surface area contributed by atoms with Crippen LogP contribution in [0.15, 0.2) is 0 Å². The Kier molecular flexibility index (Phi) is 3.37. The fraction of sp³-hybridized carbons (Fsp3) is 0.933. The Balaban J connectivity index is 1.87. The van der Waals surface area contributed by atoms with E-state index in [9.17, 15) is 4.79 Å². The number of hydrogen-bond donors (Lipinski definition) is 0. The minimum Gasteiger partial charge on any atom is -0.454 e. The molecular formula is C15H24O6. The summed E-state index contributed by atoms with van der Waals surface area (Å²) in [5.41, 5.74) is -1.01. The topological polar surface area (TPSA) is 63.2 Å². The monoisotopic (exact) mass is 300 g/mol. The maximum atomic E-state index is 12.5. The highest BCUT2D eigenvalue weighted by Crippen LogP contribution is 2.48. The highest BCUT2D eigenvalue weighted by Gasteiger charge is 2.68. The van der Waals surface area contributed by atoms with E-state index < -0.39 is 29.4 Å². The molecule has 3 rings (SSSR count). The molecular weight excluding hydrogens is 276 g/mol. The third-order valence-electron chi connectivity index (χ3n) is 4.20. The molecule has 0 aromatic carbocycles. The van der Waals surface area contributed by atoms with E-state index >= 15 is 0 Å². The molecule has 0 aromatic heterocycles. The van der Waals surface area contributed by atoms with Gasteiger partial charge in [0.15, 0.2) is 23.3 Å². The van der Waals surface area contributed by atoms with Gasteiger partial charge in [0, 0.05) is 0 Å². The summed E-state index contributed by atoms with van der Waals surface area (Å²) in [7, 11) is 0. The molecule has 3 aliphatic heterocycles. The number of hydrogen-bond acceptors (Lipinski definition) is 6. The zero-order chi connectivity index (χ0) is 15.5. The van der Waals surface area contributed by atoms with Gasteiger partial charge in [-0.1, -0.05) is 13.3 Å². The second-order valence-electron chi connectivity index (χ2n) is 6.92. The standard InChI is InChI=1S/C15H24O6/c1-6-7-15-11(20-14(4,5)21-15)10(18-12(15)16)9-8-17-13(2,3)19-9/h9-11H,6-8H2,1-5H3. The van der Waals surface area contributed by atoms with Crippen LogP contribution in [0.2, 0.25) is 0 Å². The van der Waals surface area contributed by atoms with Gasteiger partial charge in [0.05, 0.1) is 6.61 Å². The molecule has 3 fully saturated rings. The van der Waals surface area contributed by atoms with E-state index in [1.165, 1.54) is 0 Å². The molecule has 120 valence electrons. The number of cyclic esters (lactones) is 1. The molecule has 6 heteroatoms. The maximum absolute atomic E-state index is 12.5. The van der Waals surface area contributed by atoms with E-state index in [1.807, 2.05) is 34.6 Å². The van der Waals surface area contributed by atoms with Crippen LogP contribution in [0, 0.1) is 0 Å². The molecule has 4 atom stereocenters. The Labute approximate surface area is 125 Å². The maximum Gasteiger partial charge on any atom is 0.341 e. The first kappa shape index (κ1) is 15.2. The van der Waals surface area contributed by atoms with Crippen molar-refractivity contribution in [3.8, 4) is 0 Å². The van der Waals surface area contributed by atoms with E-state index in [1.54, 1.807) is 0 Å². The van der Waals surface area contributed by atoms with Gasteiger partial charge in [-0.15, -0.1) is 0 Å². The SMILES string of the molecule is CCCC12OC(C)(C)OC1C(C1COC(C)(C)O1)OC2=O. The predicted octanol–water partition coefficient (Wildman–Crippen LogP) is 1.75. The van der Waals surface area contributed by atoms with Crippen molar-refractivity contribution >= 4 is 5.97 Å². The Hall–Kier alpha value is -0.690. The van der Waals surface area contributed by atoms with E-state index in [4.69, 9.17) is 23.7 Å². The largest absolute Gasteiger partial charge is 0.454 e. The van der Waals surface area contributed by atoms with Crippen molar-refractivity contribution in [2.75, 3.05) is 6.61 Å². The summed E-state index contributed by atoms with van der Waals surface area (Å²) in [6.07, 6.45) is 0.110. The van der Waals surface area contributed by atoms with Gasteiger partial charge in [0.1, 0.15) is 12.2 Å². The lowest BCUT2D eigenvalue weighted by Crippen LogP contribution is -2.47. The average molecular weight is 300 g/mol. The fourth-order valence-electron chi connectivity index (χ4n) is 3.51. The first-order chi connectivity index (χ1) is 9.69. The molecule has 0 spiro atoms. The molecule has 6 nitrogen and oxygen atoms in total. The van der Waals surface area contributed by atoms with Gasteiger partial charge in [-0.2, -0.15) is 0 Å². The van der Waals surface area contributed by atoms with Gasteiger partial charge < -0.3 is 23.7 Å². The van der Waals surface area contributed by atoms with Gasteiger partial charge >= 0.3 is 5.97 Å². The Morgan fingerprint density at radius 3 is 2.43 bits per heavy atom. The van der Waals surface area contributed by atoms with Crippen LogP contribution < -0.4 is 0 Å². The summed E-state index contributed by atoms with van der Waals surface area (Å²) < 4.78 is 28.9. The van der Waals surface area contributed by atoms with E-state index in [-0.39, 0.29) is 12.1 Å². The molecule has 3 saturated heterocycles. The minimum atomic E-state index is -1.01. The van der Waals surface area contributed by atoms with Crippen molar-refractivity contribution in [1.29, 1.82) is 0 Å². The molecule has 3 heterocycles. The Morgan fingerprint density at radius 2 is 1.86 bits per heavy atom. The van der Waals surface area contributed by atoms with Crippen LogP contribution in [0.1, 0.15) is 47.5 Å². The van der Waals surface area contributed by atoms with E-state index in [2.05, 4.69) is 0 Å². The predicted molar refractivity (Wildman–Crippen MR) is 72.5 cm³/mol. The molecule has 0 aliphatic carbocycles. The molecule has 0 radical (unpaired) electrons. The van der Waals surface area contributed by atoms with Crippen molar-refractivity contribution in [2.24, 2.45) is 0 Å². The van der Waals surface area contributed by atoms with Crippen molar-refractivity contribution in [1.82, 2.24) is 0 Å². The number of fused-ring (bicyclic) bond motifs is 1. The summed E-state index contributed by atoms with van der Waals surface area (Å²) in [6, 6.07) is 0. The molecule has 0 bridgehead atoms. The molecule has 21 heavy (non-hydrogen) atoms. The number of rotatable bonds is 3. The van der Waals surface area contributed by atoms with Crippen molar-refractivity contribution in [2.45, 2.75) is 82.9 Å². The lowest BCUT2D eigenvalue weighted by atomic mass is 9.89. The summed E-state index contributed by atoms with van der Waals surface area (Å²) in [5.74, 6) is -1.81. The van der Waals surface area contributed by atoms with Gasteiger partial charge in [-0.3, -0.25) is 0 Å². The zero-order valence-corrected chi connectivity index (χ0v) is 13.3. The second-order valence-corrected chi connectivity index (χ2v) is 6.92. The van der Waals surface area contributed by atoms with E-state index in [0.717, 1.165) is 6.42 Å². The summed E-state index contributed by atoms with van der Waals surface area (Å²) >= 11 is 0. The first-order valence-corrected chi connectivity index (χ1v) is 7.60. The number of carbonyl (C=O) groups is 1. The molecule has 0 aromatic rings. The van der Waals surface area contributed by atoms with Gasteiger partial charge in [-0.05, 0) is 34.1 Å². The van der Waals surface area contributed by atoms with Gasteiger partial charge in [0.2, 0.25) is 0 Å². The third kappa shape index (κ3) is 2.38. The van der Waals surface area contributed by atoms with Crippen molar-refractivity contribution in [3.05, 3.63) is 0 Å². The van der Waals surface area contributed by atoms with Crippen LogP contribution >= 0.6 is 0 Å². The minimum absolute atomic E-state index is 0.329. The summed E-state index contributed by atoms with van der Waals surface area (Å²) in [6.45, 7) is 9.73. The second kappa shape index (κ2) is 4.65. The smallest absolute Gasteiger partial charge is 0.341 e. The van der Waals surface area contributed by atoms with Crippen LogP contribution in [0.25, 0.3) is 0 Å². The highest BCUT2D eigenvalue weighted by atomic mass is 16.8. The van der Waals surface area contributed by atoms with Gasteiger partial charge in [0.25, 0.3) is 0 Å². The molecule has 0 N–H and O–H groups in total. The van der Waals surface area contributed by atoms with Crippen LogP contribution in [-0.2, 0) is 28.5 Å². The number of ether oxygens (including phenoxy) is 5. The van der Waals surface area contributed by atoms with Crippen LogP contribution in [0.3, 0.4) is 0 Å². The van der Waals surface area contributed by atoms with Crippen LogP contribution in [0.4, 0.5) is 0 Å². The highest BCUT2D eigenvalue weighted by molar-refractivity contribution is 5.83. The van der Waals surface area contributed by atoms with Gasteiger partial charge in [-0.25, -0.2) is 4.79 Å². The van der Waals surface area contributed by atoms with E-state index in [0.29, 0.717) is 13.0 Å². The lowest BCUT2D eigenvalue weighted by Gasteiger charge is -2.25. The van der Waals surface area contributed by atoms with Crippen LogP contribution in [0.5, 0.6) is 0 Å². The van der Waals surface area contributed by atoms with Crippen molar-refractivity contribution in [3.63, 3.8) is 0 Å². The number of carbonyl (C=O) groups excluding carboxylic acids is 1. The van der Waals surface area contributed by atoms with Crippen LogP contribution in [-0.4, -0.2) is 48.1 Å². The normalized spacial score (nSPS) is 43.9. The Bertz CT molecular complexity index is 445. The third-order valence-corrected chi connectivity index (χ3v) is 4.20. The first-order valence-electron chi connectivity index (χ1n) is 7.60. The lowest BCUT2D eigenvalue weighted by molar-refractivity contribution is -0.208. The summed E-state index contributed by atoms with van der Waals surface area (Å²) in [5, 5.41) is 0. The fourth-order valence-corrected chi connectivity index (χ4v) is 3.51. The zero-order valence-electron chi connectivity index (χ0n) is 13.3. The quantitative estimate of drug-likeness (QED) is 0.740. The molecule has 0 saturated carbocycles. The average Bonchev–Trinajstić information content (AvgIpc) is 2.91.